The highest BCUT2D eigenvalue weighted by molar-refractivity contribution is 6.33. The fraction of sp³-hybridized carbons (Fsp3) is 0.0714. The third-order valence-electron chi connectivity index (χ3n) is 2.62. The fourth-order valence-corrected chi connectivity index (χ4v) is 1.75. The van der Waals surface area contributed by atoms with E-state index in [1.54, 1.807) is 30.3 Å². The molecule has 0 aliphatic rings. The van der Waals surface area contributed by atoms with Gasteiger partial charge in [0.2, 0.25) is 0 Å². The maximum absolute atomic E-state index is 11.9. The summed E-state index contributed by atoms with van der Waals surface area (Å²) < 4.78 is 0. The zero-order valence-corrected chi connectivity index (χ0v) is 10.8. The summed E-state index contributed by atoms with van der Waals surface area (Å²) in [6.07, 6.45) is 0. The second kappa shape index (κ2) is 5.63. The minimum absolute atomic E-state index is 0.169. The van der Waals surface area contributed by atoms with E-state index in [4.69, 9.17) is 17.3 Å². The number of aromatic hydroxyl groups is 1. The number of phenols is 1. The second-order valence-electron chi connectivity index (χ2n) is 4.09. The van der Waals surface area contributed by atoms with E-state index in [0.717, 1.165) is 5.56 Å². The van der Waals surface area contributed by atoms with Gasteiger partial charge in [-0.25, -0.2) is 0 Å². The van der Waals surface area contributed by atoms with Crippen molar-refractivity contribution in [3.8, 4) is 5.75 Å². The molecule has 0 atom stereocenters. The van der Waals surface area contributed by atoms with Crippen molar-refractivity contribution >= 4 is 23.2 Å². The molecule has 4 N–H and O–H groups in total. The summed E-state index contributed by atoms with van der Waals surface area (Å²) >= 11 is 5.79. The van der Waals surface area contributed by atoms with Gasteiger partial charge in [0.05, 0.1) is 10.7 Å². The van der Waals surface area contributed by atoms with Crippen LogP contribution < -0.4 is 11.1 Å². The molecule has 0 bridgehead atoms. The van der Waals surface area contributed by atoms with Gasteiger partial charge in [-0.15, -0.1) is 0 Å². The number of nitrogens with one attached hydrogen (secondary N) is 1. The lowest BCUT2D eigenvalue weighted by Gasteiger charge is -2.07. The van der Waals surface area contributed by atoms with Gasteiger partial charge in [0.15, 0.2) is 0 Å². The van der Waals surface area contributed by atoms with Gasteiger partial charge < -0.3 is 16.2 Å². The summed E-state index contributed by atoms with van der Waals surface area (Å²) in [5.41, 5.74) is 7.27. The molecule has 5 heteroatoms. The average Bonchev–Trinajstić information content (AvgIpc) is 2.39. The van der Waals surface area contributed by atoms with Crippen LogP contribution >= 0.6 is 11.6 Å². The van der Waals surface area contributed by atoms with Crippen LogP contribution in [0.1, 0.15) is 15.9 Å². The number of hydrogen-bond donors (Lipinski definition) is 3. The van der Waals surface area contributed by atoms with Crippen molar-refractivity contribution in [2.75, 3.05) is 5.73 Å². The molecular weight excluding hydrogens is 264 g/mol. The lowest BCUT2D eigenvalue weighted by atomic mass is 10.1. The SMILES string of the molecule is Nc1cc(C(=O)NCc2cccc(O)c2)ccc1Cl. The molecule has 19 heavy (non-hydrogen) atoms. The lowest BCUT2D eigenvalue weighted by molar-refractivity contribution is 0.0951. The Balaban J connectivity index is 2.03. The number of carbonyl (C=O) groups is 1. The number of rotatable bonds is 3. The summed E-state index contributed by atoms with van der Waals surface area (Å²) in [7, 11) is 0. The molecule has 0 unspecified atom stereocenters. The molecule has 0 saturated carbocycles. The van der Waals surface area contributed by atoms with Gasteiger partial charge in [-0.1, -0.05) is 23.7 Å². The first-order valence-electron chi connectivity index (χ1n) is 5.67. The Bertz CT molecular complexity index is 614. The lowest BCUT2D eigenvalue weighted by Crippen LogP contribution is -2.22. The van der Waals surface area contributed by atoms with Gasteiger partial charge in [0.25, 0.3) is 5.91 Å². The highest BCUT2D eigenvalue weighted by atomic mass is 35.5. The summed E-state index contributed by atoms with van der Waals surface area (Å²) in [5.74, 6) is -0.0748. The monoisotopic (exact) mass is 276 g/mol. The van der Waals surface area contributed by atoms with Gasteiger partial charge in [0, 0.05) is 12.1 Å². The maximum Gasteiger partial charge on any atom is 0.251 e. The minimum atomic E-state index is -0.244. The van der Waals surface area contributed by atoms with Gasteiger partial charge in [-0.2, -0.15) is 0 Å². The van der Waals surface area contributed by atoms with Crippen molar-refractivity contribution in [1.29, 1.82) is 0 Å². The third-order valence-corrected chi connectivity index (χ3v) is 2.97. The van der Waals surface area contributed by atoms with Crippen LogP contribution in [0, 0.1) is 0 Å². The number of phenolic OH excluding ortho intramolecular Hbond substituents is 1. The number of amides is 1. The van der Waals surface area contributed by atoms with Crippen LogP contribution in [0.15, 0.2) is 42.5 Å². The molecule has 0 spiro atoms. The van der Waals surface area contributed by atoms with Crippen LogP contribution in [-0.2, 0) is 6.54 Å². The third kappa shape index (κ3) is 3.39. The van der Waals surface area contributed by atoms with E-state index in [2.05, 4.69) is 5.32 Å². The van der Waals surface area contributed by atoms with Crippen LogP contribution in [0.25, 0.3) is 0 Å². The van der Waals surface area contributed by atoms with E-state index >= 15 is 0 Å². The Labute approximate surface area is 115 Å². The van der Waals surface area contributed by atoms with E-state index in [-0.39, 0.29) is 11.7 Å². The summed E-state index contributed by atoms with van der Waals surface area (Å²) in [4.78, 5) is 11.9. The maximum atomic E-state index is 11.9. The standard InChI is InChI=1S/C14H13ClN2O2/c15-12-5-4-10(7-13(12)16)14(19)17-8-9-2-1-3-11(18)6-9/h1-7,18H,8,16H2,(H,17,19). The molecule has 1 amide bonds. The van der Waals surface area contributed by atoms with Crippen LogP contribution in [0.4, 0.5) is 5.69 Å². The van der Waals surface area contributed by atoms with E-state index in [1.165, 1.54) is 6.07 Å². The predicted octanol–water partition coefficient (Wildman–Crippen LogP) is 2.56. The van der Waals surface area contributed by atoms with Gasteiger partial charge in [-0.3, -0.25) is 4.79 Å². The molecule has 2 aromatic carbocycles. The summed E-state index contributed by atoms with van der Waals surface area (Å²) in [6, 6.07) is 11.4. The molecule has 0 radical (unpaired) electrons. The minimum Gasteiger partial charge on any atom is -0.508 e. The molecular formula is C14H13ClN2O2. The Morgan fingerprint density at radius 2 is 2.05 bits per heavy atom. The van der Waals surface area contributed by atoms with Gasteiger partial charge in [-0.05, 0) is 35.9 Å². The zero-order valence-electron chi connectivity index (χ0n) is 10.1. The van der Waals surface area contributed by atoms with Crippen LogP contribution in [0.3, 0.4) is 0 Å². The Morgan fingerprint density at radius 3 is 2.74 bits per heavy atom. The van der Waals surface area contributed by atoms with Crippen molar-refractivity contribution in [1.82, 2.24) is 5.32 Å². The van der Waals surface area contributed by atoms with E-state index in [0.29, 0.717) is 22.8 Å². The number of nitrogens with two attached hydrogens (primary N) is 1. The zero-order chi connectivity index (χ0) is 13.8. The number of carbonyl (C=O) groups excluding carboxylic acids is 1. The average molecular weight is 277 g/mol. The van der Waals surface area contributed by atoms with E-state index < -0.39 is 0 Å². The van der Waals surface area contributed by atoms with Gasteiger partial charge in [0.1, 0.15) is 5.75 Å². The Hall–Kier alpha value is -2.20. The van der Waals surface area contributed by atoms with Crippen molar-refractivity contribution < 1.29 is 9.90 Å². The molecule has 0 heterocycles. The molecule has 4 nitrogen and oxygen atoms in total. The molecule has 0 aliphatic carbocycles. The van der Waals surface area contributed by atoms with Crippen molar-refractivity contribution in [2.45, 2.75) is 6.54 Å². The molecule has 0 saturated heterocycles. The number of nitrogen functional groups attached to an aromatic ring is 1. The van der Waals surface area contributed by atoms with Crippen molar-refractivity contribution in [2.24, 2.45) is 0 Å². The van der Waals surface area contributed by atoms with Crippen molar-refractivity contribution in [3.05, 3.63) is 58.6 Å². The number of hydrogen-bond acceptors (Lipinski definition) is 3. The molecule has 2 aromatic rings. The number of benzene rings is 2. The molecule has 0 aliphatic heterocycles. The van der Waals surface area contributed by atoms with Crippen LogP contribution in [0.5, 0.6) is 5.75 Å². The fourth-order valence-electron chi connectivity index (χ4n) is 1.64. The molecule has 2 rings (SSSR count). The highest BCUT2D eigenvalue weighted by Gasteiger charge is 2.07. The molecule has 0 aromatic heterocycles. The smallest absolute Gasteiger partial charge is 0.251 e. The summed E-state index contributed by atoms with van der Waals surface area (Å²) in [6.45, 7) is 0.329. The van der Waals surface area contributed by atoms with Gasteiger partial charge >= 0.3 is 0 Å². The second-order valence-corrected chi connectivity index (χ2v) is 4.50. The Kier molecular flexibility index (Phi) is 3.92. The summed E-state index contributed by atoms with van der Waals surface area (Å²) in [5, 5.41) is 12.5. The largest absolute Gasteiger partial charge is 0.508 e. The first-order valence-corrected chi connectivity index (χ1v) is 6.05. The first-order chi connectivity index (χ1) is 9.06. The molecule has 0 fully saturated rings. The van der Waals surface area contributed by atoms with Crippen LogP contribution in [-0.4, -0.2) is 11.0 Å². The quantitative estimate of drug-likeness (QED) is 0.754. The normalized spacial score (nSPS) is 10.2. The number of anilines is 1. The Morgan fingerprint density at radius 1 is 1.26 bits per heavy atom. The first kappa shape index (κ1) is 13.2. The highest BCUT2D eigenvalue weighted by Crippen LogP contribution is 2.19. The predicted molar refractivity (Wildman–Crippen MR) is 75.1 cm³/mol. The van der Waals surface area contributed by atoms with Crippen molar-refractivity contribution in [3.63, 3.8) is 0 Å². The van der Waals surface area contributed by atoms with Crippen LogP contribution in [0.2, 0.25) is 5.02 Å². The van der Waals surface area contributed by atoms with E-state index in [1.807, 2.05) is 6.07 Å². The molecule has 98 valence electrons. The van der Waals surface area contributed by atoms with E-state index in [9.17, 15) is 9.90 Å². The topological polar surface area (TPSA) is 75.4 Å². The number of halogens is 1.